The average molecular weight is 448 g/mol. The fourth-order valence-corrected chi connectivity index (χ4v) is 5.63. The van der Waals surface area contributed by atoms with Gasteiger partial charge >= 0.3 is 0 Å². The van der Waals surface area contributed by atoms with Gasteiger partial charge in [0.2, 0.25) is 17.7 Å². The van der Waals surface area contributed by atoms with Crippen molar-refractivity contribution < 1.29 is 14.4 Å². The molecule has 0 radical (unpaired) electrons. The van der Waals surface area contributed by atoms with Gasteiger partial charge in [-0.1, -0.05) is 18.2 Å². The summed E-state index contributed by atoms with van der Waals surface area (Å²) < 4.78 is 1.01. The van der Waals surface area contributed by atoms with Crippen molar-refractivity contribution in [3.05, 3.63) is 40.0 Å². The van der Waals surface area contributed by atoms with Gasteiger partial charge in [-0.2, -0.15) is 0 Å². The minimum Gasteiger partial charge on any atom is -0.324 e. The van der Waals surface area contributed by atoms with Crippen LogP contribution in [0.4, 0.5) is 5.69 Å². The van der Waals surface area contributed by atoms with Crippen LogP contribution in [0, 0.1) is 39.1 Å². The molecule has 1 saturated heterocycles. The maximum Gasteiger partial charge on any atom is 0.244 e. The van der Waals surface area contributed by atoms with Crippen LogP contribution in [0.3, 0.4) is 0 Å². The molecule has 25 heavy (non-hydrogen) atoms. The second-order valence-electron chi connectivity index (χ2n) is 7.48. The molecule has 6 heteroatoms. The molecule has 0 aromatic heterocycles. The van der Waals surface area contributed by atoms with Gasteiger partial charge in [-0.15, -0.1) is 0 Å². The van der Waals surface area contributed by atoms with Gasteiger partial charge in [0.05, 0.1) is 11.8 Å². The number of nitrogens with zero attached hydrogens (tertiary/aromatic N) is 1. The number of nitrogens with one attached hydrogen (secondary N) is 1. The standard InChI is InChI=1S/C19H17IN2O3/c20-9-2-1-3-10(6-9)21-15(23)8-22-18(24)16-11-4-5-12(14-7-13(11)14)17(16)19(22)25/h1-6,11-14,16-17H,7-8H2,(H,21,23)/t11-,12-,13-,14+,16-,17+/m0/s1. The van der Waals surface area contributed by atoms with Gasteiger partial charge in [0.1, 0.15) is 6.54 Å². The summed E-state index contributed by atoms with van der Waals surface area (Å²) in [7, 11) is 0. The van der Waals surface area contributed by atoms with E-state index in [9.17, 15) is 14.4 Å². The van der Waals surface area contributed by atoms with Crippen molar-refractivity contribution in [1.82, 2.24) is 4.90 Å². The predicted molar refractivity (Wildman–Crippen MR) is 99.2 cm³/mol. The lowest BCUT2D eigenvalue weighted by atomic mass is 9.63. The topological polar surface area (TPSA) is 66.5 Å². The van der Waals surface area contributed by atoms with Crippen molar-refractivity contribution >= 4 is 46.0 Å². The SMILES string of the molecule is O=C(CN1C(=O)[C@@H]2[C@H]3C=C[C@@H]([C@@H]4C[C@H]34)[C@@H]2C1=O)Nc1cccc(I)c1. The summed E-state index contributed by atoms with van der Waals surface area (Å²) in [4.78, 5) is 39.2. The number of imide groups is 1. The van der Waals surface area contributed by atoms with Gasteiger partial charge < -0.3 is 5.32 Å². The lowest BCUT2D eigenvalue weighted by Crippen LogP contribution is -2.40. The molecule has 6 atom stereocenters. The third kappa shape index (κ3) is 2.29. The number of rotatable bonds is 3. The Kier molecular flexibility index (Phi) is 3.36. The summed E-state index contributed by atoms with van der Waals surface area (Å²) in [5, 5.41) is 2.78. The molecule has 3 amide bonds. The maximum atomic E-state index is 12.8. The van der Waals surface area contributed by atoms with E-state index in [-0.39, 0.29) is 47.9 Å². The normalized spacial score (nSPS) is 37.1. The van der Waals surface area contributed by atoms with Gasteiger partial charge in [-0.3, -0.25) is 19.3 Å². The second-order valence-corrected chi connectivity index (χ2v) is 8.72. The molecule has 1 aromatic rings. The van der Waals surface area contributed by atoms with E-state index in [1.54, 1.807) is 6.07 Å². The molecular weight excluding hydrogens is 431 g/mol. The minimum atomic E-state index is -0.326. The van der Waals surface area contributed by atoms with Gasteiger partial charge in [-0.05, 0) is 70.9 Å². The van der Waals surface area contributed by atoms with Gasteiger partial charge in [0.25, 0.3) is 0 Å². The monoisotopic (exact) mass is 448 g/mol. The highest BCUT2D eigenvalue weighted by molar-refractivity contribution is 14.1. The first-order valence-corrected chi connectivity index (χ1v) is 9.71. The molecule has 1 aliphatic heterocycles. The van der Waals surface area contributed by atoms with E-state index in [0.29, 0.717) is 17.5 Å². The lowest BCUT2D eigenvalue weighted by Gasteiger charge is -2.37. The number of carbonyl (C=O) groups excluding carboxylic acids is 3. The number of anilines is 1. The highest BCUT2D eigenvalue weighted by Crippen LogP contribution is 2.65. The summed E-state index contributed by atoms with van der Waals surface area (Å²) in [5.74, 6) is 0.429. The molecule has 4 aliphatic carbocycles. The van der Waals surface area contributed by atoms with Crippen LogP contribution in [-0.2, 0) is 14.4 Å². The van der Waals surface area contributed by atoms with Gasteiger partial charge in [-0.25, -0.2) is 0 Å². The average Bonchev–Trinajstić information content (AvgIpc) is 3.36. The van der Waals surface area contributed by atoms with Crippen molar-refractivity contribution in [2.24, 2.45) is 35.5 Å². The maximum absolute atomic E-state index is 12.8. The molecule has 0 unspecified atom stereocenters. The van der Waals surface area contributed by atoms with Crippen molar-refractivity contribution in [2.75, 3.05) is 11.9 Å². The molecule has 2 saturated carbocycles. The van der Waals surface area contributed by atoms with Gasteiger partial charge in [0.15, 0.2) is 0 Å². The van der Waals surface area contributed by atoms with E-state index in [2.05, 4.69) is 40.1 Å². The fourth-order valence-electron chi connectivity index (χ4n) is 5.08. The highest BCUT2D eigenvalue weighted by atomic mass is 127. The number of benzene rings is 1. The Bertz CT molecular complexity index is 800. The van der Waals surface area contributed by atoms with Crippen LogP contribution in [0.1, 0.15) is 6.42 Å². The van der Waals surface area contributed by atoms with Crippen LogP contribution in [0.2, 0.25) is 0 Å². The Balaban J connectivity index is 1.33. The molecular formula is C19H17IN2O3. The highest BCUT2D eigenvalue weighted by Gasteiger charge is 2.67. The van der Waals surface area contributed by atoms with Crippen LogP contribution in [-0.4, -0.2) is 29.2 Å². The molecule has 5 aliphatic rings. The molecule has 0 spiro atoms. The largest absolute Gasteiger partial charge is 0.324 e. The molecule has 128 valence electrons. The summed E-state index contributed by atoms with van der Waals surface area (Å²) in [6, 6.07) is 7.44. The molecule has 5 nitrogen and oxygen atoms in total. The number of halogens is 1. The smallest absolute Gasteiger partial charge is 0.244 e. The van der Waals surface area contributed by atoms with Crippen molar-refractivity contribution in [1.29, 1.82) is 0 Å². The van der Waals surface area contributed by atoms with Crippen LogP contribution in [0.25, 0.3) is 0 Å². The molecule has 1 heterocycles. The van der Waals surface area contributed by atoms with Crippen molar-refractivity contribution in [3.63, 3.8) is 0 Å². The Morgan fingerprint density at radius 2 is 1.76 bits per heavy atom. The van der Waals surface area contributed by atoms with Crippen LogP contribution < -0.4 is 5.32 Å². The molecule has 6 rings (SSSR count). The first-order chi connectivity index (χ1) is 12.0. The first-order valence-electron chi connectivity index (χ1n) is 8.63. The zero-order valence-corrected chi connectivity index (χ0v) is 15.5. The summed E-state index contributed by atoms with van der Waals surface area (Å²) >= 11 is 2.17. The third-order valence-electron chi connectivity index (χ3n) is 6.16. The zero-order valence-electron chi connectivity index (χ0n) is 13.4. The number of amides is 3. The van der Waals surface area contributed by atoms with Crippen LogP contribution >= 0.6 is 22.6 Å². The summed E-state index contributed by atoms with van der Waals surface area (Å²) in [5.41, 5.74) is 0.677. The van der Waals surface area contributed by atoms with Crippen molar-refractivity contribution in [3.8, 4) is 0 Å². The molecule has 2 bridgehead atoms. The van der Waals surface area contributed by atoms with Gasteiger partial charge in [0, 0.05) is 9.26 Å². The Morgan fingerprint density at radius 3 is 2.36 bits per heavy atom. The van der Waals surface area contributed by atoms with E-state index in [1.165, 1.54) is 4.90 Å². The van der Waals surface area contributed by atoms with Crippen LogP contribution in [0.5, 0.6) is 0 Å². The number of likely N-dealkylation sites (tertiary alicyclic amines) is 1. The Hall–Kier alpha value is -1.70. The van der Waals surface area contributed by atoms with E-state index in [4.69, 9.17) is 0 Å². The minimum absolute atomic E-state index is 0.155. The Morgan fingerprint density at radius 1 is 1.12 bits per heavy atom. The fraction of sp³-hybridized carbons (Fsp3) is 0.421. The zero-order chi connectivity index (χ0) is 17.3. The van der Waals surface area contributed by atoms with Crippen molar-refractivity contribution in [2.45, 2.75) is 6.42 Å². The predicted octanol–water partition coefficient (Wildman–Crippen LogP) is 2.28. The lowest BCUT2D eigenvalue weighted by molar-refractivity contribution is -0.142. The van der Waals surface area contributed by atoms with E-state index in [0.717, 1.165) is 9.99 Å². The second kappa shape index (κ2) is 5.40. The third-order valence-corrected chi connectivity index (χ3v) is 6.84. The summed E-state index contributed by atoms with van der Waals surface area (Å²) in [6.45, 7) is -0.190. The summed E-state index contributed by atoms with van der Waals surface area (Å²) in [6.07, 6.45) is 5.42. The van der Waals surface area contributed by atoms with E-state index in [1.807, 2.05) is 18.2 Å². The molecule has 3 fully saturated rings. The number of hydrogen-bond acceptors (Lipinski definition) is 3. The first kappa shape index (κ1) is 15.5. The number of allylic oxidation sites excluding steroid dienone is 2. The quantitative estimate of drug-likeness (QED) is 0.439. The van der Waals surface area contributed by atoms with E-state index < -0.39 is 0 Å². The molecule has 1 aromatic carbocycles. The van der Waals surface area contributed by atoms with E-state index >= 15 is 0 Å². The number of hydrogen-bond donors (Lipinski definition) is 1. The number of carbonyl (C=O) groups is 3. The Labute approximate surface area is 159 Å². The van der Waals surface area contributed by atoms with Crippen LogP contribution in [0.15, 0.2) is 36.4 Å². The molecule has 1 N–H and O–H groups in total.